The summed E-state index contributed by atoms with van der Waals surface area (Å²) in [5.74, 6) is -1.27. The summed E-state index contributed by atoms with van der Waals surface area (Å²) < 4.78 is 19.1. The molecule has 0 fully saturated rings. The van der Waals surface area contributed by atoms with E-state index >= 15 is 0 Å². The summed E-state index contributed by atoms with van der Waals surface area (Å²) in [4.78, 5) is 12.5. The number of rotatable bonds is 6. The summed E-state index contributed by atoms with van der Waals surface area (Å²) in [5.41, 5.74) is 1.15. The Morgan fingerprint density at radius 1 is 1.27 bits per heavy atom. The number of nitrogens with one attached hydrogen (secondary N) is 1. The largest absolute Gasteiger partial charge is 0.538 e. The van der Waals surface area contributed by atoms with Gasteiger partial charge < -0.3 is 14.9 Å². The number of carbonyl (C=O) groups is 1. The normalized spacial score (nSPS) is 11.9. The van der Waals surface area contributed by atoms with Gasteiger partial charge in [-0.1, -0.05) is 25.1 Å². The van der Waals surface area contributed by atoms with Crippen LogP contribution in [0.25, 0.3) is 5.69 Å². The van der Waals surface area contributed by atoms with Crippen LogP contribution in [0.4, 0.5) is 10.1 Å². The predicted octanol–water partition coefficient (Wildman–Crippen LogP) is 2.67. The number of amides is 1. The molecule has 134 valence electrons. The zero-order valence-electron chi connectivity index (χ0n) is 13.9. The Bertz CT molecular complexity index is 884. The average Bonchev–Trinajstić information content (AvgIpc) is 3.02. The lowest BCUT2D eigenvalue weighted by Gasteiger charge is -2.13. The fourth-order valence-corrected chi connectivity index (χ4v) is 3.26. The Morgan fingerprint density at radius 2 is 1.96 bits per heavy atom. The zero-order chi connectivity index (χ0) is 18.5. The van der Waals surface area contributed by atoms with Crippen molar-refractivity contribution >= 4 is 23.4 Å². The Balaban J connectivity index is 1.79. The van der Waals surface area contributed by atoms with E-state index in [-0.39, 0.29) is 16.8 Å². The quantitative estimate of drug-likeness (QED) is 0.531. The lowest BCUT2D eigenvalue weighted by Crippen LogP contribution is -2.36. The highest BCUT2D eigenvalue weighted by atomic mass is 32.2. The van der Waals surface area contributed by atoms with Crippen LogP contribution in [0.5, 0.6) is 5.95 Å². The molecule has 1 amide bonds. The van der Waals surface area contributed by atoms with Crippen LogP contribution < -0.4 is 15.1 Å². The van der Waals surface area contributed by atoms with Crippen molar-refractivity contribution in [1.82, 2.24) is 5.27 Å². The van der Waals surface area contributed by atoms with Crippen LogP contribution >= 0.6 is 11.8 Å². The van der Waals surface area contributed by atoms with Gasteiger partial charge in [0.05, 0.1) is 10.5 Å². The minimum Gasteiger partial charge on any atom is -0.538 e. The molecule has 0 aliphatic rings. The van der Waals surface area contributed by atoms with E-state index in [9.17, 15) is 14.3 Å². The summed E-state index contributed by atoms with van der Waals surface area (Å²) in [6.07, 6.45) is 0.483. The molecule has 8 heteroatoms. The zero-order valence-corrected chi connectivity index (χ0v) is 14.7. The maximum atomic E-state index is 13.0. The summed E-state index contributed by atoms with van der Waals surface area (Å²) >= 11 is 1.08. The Hall–Kier alpha value is -2.87. The van der Waals surface area contributed by atoms with Crippen LogP contribution in [-0.4, -0.2) is 16.4 Å². The molecule has 0 aliphatic heterocycles. The van der Waals surface area contributed by atoms with E-state index in [1.807, 2.05) is 25.1 Å². The van der Waals surface area contributed by atoms with E-state index in [0.29, 0.717) is 17.8 Å². The topological polar surface area (TPSA) is 82.1 Å². The number of benzene rings is 2. The molecule has 0 aliphatic carbocycles. The molecular weight excluding hydrogens is 357 g/mol. The first kappa shape index (κ1) is 17.9. The van der Waals surface area contributed by atoms with Crippen molar-refractivity contribution in [3.05, 3.63) is 60.4 Å². The second-order valence-electron chi connectivity index (χ2n) is 5.42. The fraction of sp³-hybridized carbons (Fsp3) is 0.167. The van der Waals surface area contributed by atoms with Gasteiger partial charge in [0, 0.05) is 17.8 Å². The molecule has 0 bridgehead atoms. The molecule has 2 aromatic carbocycles. The van der Waals surface area contributed by atoms with Gasteiger partial charge in [-0.3, -0.25) is 4.79 Å². The van der Waals surface area contributed by atoms with Crippen LogP contribution in [0, 0.1) is 5.82 Å². The molecule has 3 aromatic rings. The molecule has 1 N–H and O–H groups in total. The van der Waals surface area contributed by atoms with Crippen molar-refractivity contribution in [3.8, 4) is 11.6 Å². The minimum atomic E-state index is -0.605. The molecule has 1 atom stereocenters. The summed E-state index contributed by atoms with van der Waals surface area (Å²) in [7, 11) is 0. The lowest BCUT2D eigenvalue weighted by atomic mass is 10.2. The predicted molar refractivity (Wildman–Crippen MR) is 92.4 cm³/mol. The first-order chi connectivity index (χ1) is 12.6. The molecule has 0 saturated heterocycles. The van der Waals surface area contributed by atoms with Gasteiger partial charge in [0.2, 0.25) is 11.6 Å². The number of thioether (sulfide) groups is 1. The molecule has 6 nitrogen and oxygen atoms in total. The van der Waals surface area contributed by atoms with E-state index in [4.69, 9.17) is 4.52 Å². The van der Waals surface area contributed by atoms with Crippen LogP contribution in [0.2, 0.25) is 0 Å². The fourth-order valence-electron chi connectivity index (χ4n) is 2.29. The molecule has 1 heterocycles. The number of hydrogen-bond donors (Lipinski definition) is 1. The number of nitrogens with zero attached hydrogens (tertiary/aromatic N) is 2. The number of carbonyl (C=O) groups excluding carboxylic acids is 1. The van der Waals surface area contributed by atoms with Crippen LogP contribution in [0.3, 0.4) is 0 Å². The molecule has 0 saturated carbocycles. The van der Waals surface area contributed by atoms with Crippen LogP contribution in [0.15, 0.2) is 64.1 Å². The third kappa shape index (κ3) is 4.02. The average molecular weight is 373 g/mol. The van der Waals surface area contributed by atoms with E-state index in [2.05, 4.69) is 10.6 Å². The molecule has 0 radical (unpaired) electrons. The standard InChI is InChI=1S/C18H16FN3O3S/c1-2-15(16(23)20-13-10-8-12(19)9-11-13)26-17-18(24)25-21-22(17)14-6-4-3-5-7-14/h3-11,15H,2H2,1H3,(H-,20,21,23,24). The first-order valence-corrected chi connectivity index (χ1v) is 8.84. The van der Waals surface area contributed by atoms with Gasteiger partial charge >= 0.3 is 0 Å². The van der Waals surface area contributed by atoms with Gasteiger partial charge in [-0.25, -0.2) is 4.39 Å². The second kappa shape index (κ2) is 8.01. The Morgan fingerprint density at radius 3 is 2.62 bits per heavy atom. The molecule has 1 aromatic heterocycles. The van der Waals surface area contributed by atoms with E-state index < -0.39 is 11.2 Å². The van der Waals surface area contributed by atoms with Gasteiger partial charge in [-0.05, 0) is 47.1 Å². The summed E-state index contributed by atoms with van der Waals surface area (Å²) in [6, 6.07) is 14.5. The number of anilines is 1. The van der Waals surface area contributed by atoms with Crippen molar-refractivity contribution in [2.75, 3.05) is 5.32 Å². The molecule has 3 rings (SSSR count). The third-order valence-corrected chi connectivity index (χ3v) is 5.00. The van der Waals surface area contributed by atoms with Gasteiger partial charge in [0.15, 0.2) is 5.95 Å². The summed E-state index contributed by atoms with van der Waals surface area (Å²) in [5, 5.41) is 18.2. The molecular formula is C18H16FN3O3S. The molecule has 26 heavy (non-hydrogen) atoms. The van der Waals surface area contributed by atoms with E-state index in [1.54, 1.807) is 12.1 Å². The van der Waals surface area contributed by atoms with Crippen molar-refractivity contribution < 1.29 is 23.5 Å². The maximum Gasteiger partial charge on any atom is 0.298 e. The highest BCUT2D eigenvalue weighted by Crippen LogP contribution is 2.29. The Labute approximate surface area is 153 Å². The molecule has 0 spiro atoms. The van der Waals surface area contributed by atoms with Crippen molar-refractivity contribution in [1.29, 1.82) is 0 Å². The van der Waals surface area contributed by atoms with Crippen molar-refractivity contribution in [2.45, 2.75) is 23.6 Å². The SMILES string of the molecule is CCC(Sc1c([O-])on[n+]1-c1ccccc1)C(=O)Nc1ccc(F)cc1. The molecule has 1 unspecified atom stereocenters. The monoisotopic (exact) mass is 373 g/mol. The van der Waals surface area contributed by atoms with Gasteiger partial charge in [-0.15, -0.1) is 0 Å². The number of halogens is 1. The van der Waals surface area contributed by atoms with Gasteiger partial charge in [-0.2, -0.15) is 0 Å². The van der Waals surface area contributed by atoms with Crippen LogP contribution in [-0.2, 0) is 4.79 Å². The summed E-state index contributed by atoms with van der Waals surface area (Å²) in [6.45, 7) is 1.84. The maximum absolute atomic E-state index is 13.0. The van der Waals surface area contributed by atoms with Crippen molar-refractivity contribution in [3.63, 3.8) is 0 Å². The number of para-hydroxylation sites is 1. The third-order valence-electron chi connectivity index (χ3n) is 3.60. The van der Waals surface area contributed by atoms with E-state index in [1.165, 1.54) is 28.9 Å². The van der Waals surface area contributed by atoms with Crippen molar-refractivity contribution in [2.24, 2.45) is 0 Å². The first-order valence-electron chi connectivity index (χ1n) is 7.96. The highest BCUT2D eigenvalue weighted by molar-refractivity contribution is 8.00. The second-order valence-corrected chi connectivity index (χ2v) is 6.62. The van der Waals surface area contributed by atoms with Gasteiger partial charge in [0.1, 0.15) is 5.82 Å². The number of aromatic nitrogens is 2. The van der Waals surface area contributed by atoms with E-state index in [0.717, 1.165) is 11.8 Å². The smallest absolute Gasteiger partial charge is 0.298 e. The van der Waals surface area contributed by atoms with Crippen LogP contribution in [0.1, 0.15) is 13.3 Å². The number of hydrogen-bond acceptors (Lipinski definition) is 5. The van der Waals surface area contributed by atoms with Gasteiger partial charge in [0.25, 0.3) is 5.03 Å². The highest BCUT2D eigenvalue weighted by Gasteiger charge is 2.28. The minimum absolute atomic E-state index is 0.220. The lowest BCUT2D eigenvalue weighted by molar-refractivity contribution is -0.705. The Kier molecular flexibility index (Phi) is 5.52.